The summed E-state index contributed by atoms with van der Waals surface area (Å²) < 4.78 is 2.08. The average Bonchev–Trinajstić information content (AvgIpc) is 3.02. The highest BCUT2D eigenvalue weighted by molar-refractivity contribution is 7.08. The molecule has 0 saturated carbocycles. The number of aromatic nitrogens is 2. The van der Waals surface area contributed by atoms with Crippen molar-refractivity contribution in [3.63, 3.8) is 0 Å². The molecule has 1 aromatic carbocycles. The third kappa shape index (κ3) is 2.47. The van der Waals surface area contributed by atoms with E-state index in [2.05, 4.69) is 32.6 Å². The summed E-state index contributed by atoms with van der Waals surface area (Å²) in [5, 5.41) is 4.94. The Balaban J connectivity index is 1.80. The van der Waals surface area contributed by atoms with Crippen molar-refractivity contribution in [1.29, 1.82) is 0 Å². The zero-order valence-electron chi connectivity index (χ0n) is 9.58. The van der Waals surface area contributed by atoms with Crippen LogP contribution in [-0.2, 0) is 6.54 Å². The van der Waals surface area contributed by atoms with E-state index in [0.717, 1.165) is 17.3 Å². The van der Waals surface area contributed by atoms with Gasteiger partial charge in [0.15, 0.2) is 0 Å². The predicted molar refractivity (Wildman–Crippen MR) is 76.1 cm³/mol. The highest BCUT2D eigenvalue weighted by Crippen LogP contribution is 2.20. The van der Waals surface area contributed by atoms with E-state index in [1.807, 2.05) is 30.6 Å². The van der Waals surface area contributed by atoms with Crippen LogP contribution in [0.2, 0.25) is 5.02 Å². The summed E-state index contributed by atoms with van der Waals surface area (Å²) in [5.41, 5.74) is 3.41. The van der Waals surface area contributed by atoms with Crippen LogP contribution < -0.4 is 0 Å². The number of nitrogens with zero attached hydrogens (tertiary/aromatic N) is 2. The number of hydrogen-bond donors (Lipinski definition) is 0. The monoisotopic (exact) mass is 274 g/mol. The van der Waals surface area contributed by atoms with Crippen molar-refractivity contribution in [1.82, 2.24) is 9.55 Å². The van der Waals surface area contributed by atoms with Crippen LogP contribution in [0.15, 0.2) is 53.6 Å². The van der Waals surface area contributed by atoms with Crippen LogP contribution in [0.4, 0.5) is 0 Å². The van der Waals surface area contributed by atoms with E-state index in [-0.39, 0.29) is 0 Å². The van der Waals surface area contributed by atoms with Gasteiger partial charge >= 0.3 is 0 Å². The van der Waals surface area contributed by atoms with Crippen molar-refractivity contribution < 1.29 is 0 Å². The molecular weight excluding hydrogens is 264 g/mol. The quantitative estimate of drug-likeness (QED) is 0.696. The number of halogens is 1. The number of rotatable bonds is 3. The standard InChI is InChI=1S/C14H11ClN2S/c15-13-3-1-11(2-4-13)7-17-8-14(16-10-17)12-5-6-18-9-12/h1-6,8-10H,7H2. The Morgan fingerprint density at radius 1 is 1.17 bits per heavy atom. The molecule has 2 nitrogen and oxygen atoms in total. The molecule has 2 aromatic heterocycles. The molecule has 0 bridgehead atoms. The minimum absolute atomic E-state index is 0.767. The van der Waals surface area contributed by atoms with E-state index in [0.29, 0.717) is 0 Å². The summed E-state index contributed by atoms with van der Waals surface area (Å²) in [6.07, 6.45) is 3.93. The summed E-state index contributed by atoms with van der Waals surface area (Å²) >= 11 is 7.55. The Morgan fingerprint density at radius 3 is 2.72 bits per heavy atom. The molecule has 0 amide bonds. The Labute approximate surface area is 114 Å². The number of benzene rings is 1. The van der Waals surface area contributed by atoms with Crippen LogP contribution in [0.5, 0.6) is 0 Å². The Bertz CT molecular complexity index is 626. The van der Waals surface area contributed by atoms with Crippen LogP contribution in [0, 0.1) is 0 Å². The van der Waals surface area contributed by atoms with Gasteiger partial charge < -0.3 is 4.57 Å². The summed E-state index contributed by atoms with van der Waals surface area (Å²) in [7, 11) is 0. The van der Waals surface area contributed by atoms with Crippen molar-refractivity contribution >= 4 is 22.9 Å². The largest absolute Gasteiger partial charge is 0.332 e. The molecule has 0 aliphatic rings. The van der Waals surface area contributed by atoms with E-state index < -0.39 is 0 Å². The molecule has 0 aliphatic carbocycles. The molecule has 18 heavy (non-hydrogen) atoms. The van der Waals surface area contributed by atoms with Crippen LogP contribution in [-0.4, -0.2) is 9.55 Å². The van der Waals surface area contributed by atoms with Crippen LogP contribution in [0.1, 0.15) is 5.56 Å². The molecule has 0 unspecified atom stereocenters. The Hall–Kier alpha value is -1.58. The lowest BCUT2D eigenvalue weighted by molar-refractivity contribution is 0.797. The van der Waals surface area contributed by atoms with Gasteiger partial charge in [0.1, 0.15) is 0 Å². The molecule has 90 valence electrons. The third-order valence-electron chi connectivity index (χ3n) is 2.73. The molecule has 0 aliphatic heterocycles. The normalized spacial score (nSPS) is 10.7. The maximum absolute atomic E-state index is 5.87. The van der Waals surface area contributed by atoms with Crippen molar-refractivity contribution in [2.24, 2.45) is 0 Å². The topological polar surface area (TPSA) is 17.8 Å². The molecule has 3 rings (SSSR count). The number of imidazole rings is 1. The van der Waals surface area contributed by atoms with Gasteiger partial charge in [0.05, 0.1) is 12.0 Å². The summed E-state index contributed by atoms with van der Waals surface area (Å²) in [4.78, 5) is 4.42. The minimum atomic E-state index is 0.767. The van der Waals surface area contributed by atoms with Crippen molar-refractivity contribution in [3.05, 3.63) is 64.2 Å². The highest BCUT2D eigenvalue weighted by atomic mass is 35.5. The molecule has 3 aromatic rings. The molecule has 4 heteroatoms. The smallest absolute Gasteiger partial charge is 0.0956 e. The lowest BCUT2D eigenvalue weighted by Gasteiger charge is -2.02. The SMILES string of the molecule is Clc1ccc(Cn2cnc(-c3ccsc3)c2)cc1. The fourth-order valence-corrected chi connectivity index (χ4v) is 2.58. The first-order valence-corrected chi connectivity index (χ1v) is 6.92. The van der Waals surface area contributed by atoms with E-state index in [4.69, 9.17) is 11.6 Å². The first-order chi connectivity index (χ1) is 8.81. The first kappa shape index (κ1) is 11.5. The molecular formula is C14H11ClN2S. The predicted octanol–water partition coefficient (Wildman–Crippen LogP) is 4.31. The molecule has 0 atom stereocenters. The molecule has 0 fully saturated rings. The van der Waals surface area contributed by atoms with Crippen molar-refractivity contribution in [2.45, 2.75) is 6.54 Å². The van der Waals surface area contributed by atoms with Gasteiger partial charge in [0, 0.05) is 28.7 Å². The molecule has 0 radical (unpaired) electrons. The van der Waals surface area contributed by atoms with Gasteiger partial charge in [-0.05, 0) is 29.1 Å². The van der Waals surface area contributed by atoms with E-state index in [1.54, 1.807) is 11.3 Å². The summed E-state index contributed by atoms with van der Waals surface area (Å²) in [5.74, 6) is 0. The summed E-state index contributed by atoms with van der Waals surface area (Å²) in [6, 6.07) is 9.97. The second-order valence-corrected chi connectivity index (χ2v) is 5.29. The van der Waals surface area contributed by atoms with Gasteiger partial charge in [-0.1, -0.05) is 23.7 Å². The van der Waals surface area contributed by atoms with Gasteiger partial charge in [-0.3, -0.25) is 0 Å². The maximum atomic E-state index is 5.87. The van der Waals surface area contributed by atoms with Crippen molar-refractivity contribution in [3.8, 4) is 11.3 Å². The fourth-order valence-electron chi connectivity index (χ4n) is 1.81. The number of thiophene rings is 1. The van der Waals surface area contributed by atoms with E-state index in [9.17, 15) is 0 Å². The van der Waals surface area contributed by atoms with Crippen LogP contribution in [0.3, 0.4) is 0 Å². The first-order valence-electron chi connectivity index (χ1n) is 5.60. The van der Waals surface area contributed by atoms with Gasteiger partial charge in [0.25, 0.3) is 0 Å². The third-order valence-corrected chi connectivity index (χ3v) is 3.66. The van der Waals surface area contributed by atoms with Crippen molar-refractivity contribution in [2.75, 3.05) is 0 Å². The molecule has 0 saturated heterocycles. The van der Waals surface area contributed by atoms with Gasteiger partial charge in [-0.15, -0.1) is 0 Å². The lowest BCUT2D eigenvalue weighted by Crippen LogP contribution is -1.95. The van der Waals surface area contributed by atoms with Gasteiger partial charge in [-0.25, -0.2) is 4.98 Å². The van der Waals surface area contributed by atoms with Crippen LogP contribution >= 0.6 is 22.9 Å². The number of hydrogen-bond acceptors (Lipinski definition) is 2. The second-order valence-electron chi connectivity index (χ2n) is 4.07. The van der Waals surface area contributed by atoms with E-state index >= 15 is 0 Å². The maximum Gasteiger partial charge on any atom is 0.0956 e. The molecule has 0 N–H and O–H groups in total. The van der Waals surface area contributed by atoms with Gasteiger partial charge in [-0.2, -0.15) is 11.3 Å². The Morgan fingerprint density at radius 2 is 2.00 bits per heavy atom. The summed E-state index contributed by atoms with van der Waals surface area (Å²) in [6.45, 7) is 0.814. The van der Waals surface area contributed by atoms with Crippen LogP contribution in [0.25, 0.3) is 11.3 Å². The fraction of sp³-hybridized carbons (Fsp3) is 0.0714. The Kier molecular flexibility index (Phi) is 3.17. The van der Waals surface area contributed by atoms with Gasteiger partial charge in [0.2, 0.25) is 0 Å². The highest BCUT2D eigenvalue weighted by Gasteiger charge is 2.02. The zero-order valence-corrected chi connectivity index (χ0v) is 11.2. The molecule has 0 spiro atoms. The average molecular weight is 275 g/mol. The second kappa shape index (κ2) is 4.96. The van der Waals surface area contributed by atoms with E-state index in [1.165, 1.54) is 11.1 Å². The lowest BCUT2D eigenvalue weighted by atomic mass is 10.2. The minimum Gasteiger partial charge on any atom is -0.332 e. The molecule has 2 heterocycles. The zero-order chi connectivity index (χ0) is 12.4.